The van der Waals surface area contributed by atoms with Crippen LogP contribution < -0.4 is 10.6 Å². The SMILES string of the molecule is CN(C)C(=O)c1cc2cnc(Nc3ccc(C(=O)NCCCCCCCc4cccc5c4C(=O)N(C4CCC(=O)N(C)C4=O)C5=O)cc3)nc2n1C1CCCC1. The molecule has 1 aliphatic carbocycles. The molecule has 2 N–H and O–H groups in total. The van der Waals surface area contributed by atoms with Gasteiger partial charge >= 0.3 is 0 Å². The summed E-state index contributed by atoms with van der Waals surface area (Å²) in [7, 11) is 4.89. The van der Waals surface area contributed by atoms with Crippen LogP contribution in [0.25, 0.3) is 11.0 Å². The highest BCUT2D eigenvalue weighted by atomic mass is 16.2. The van der Waals surface area contributed by atoms with E-state index in [4.69, 9.17) is 4.98 Å². The number of aryl methyl sites for hydroxylation is 1. The number of fused-ring (bicyclic) bond motifs is 2. The first-order valence-corrected chi connectivity index (χ1v) is 19.6. The molecule has 14 heteroatoms. The third-order valence-electron chi connectivity index (χ3n) is 11.2. The lowest BCUT2D eigenvalue weighted by atomic mass is 9.97. The van der Waals surface area contributed by atoms with Crippen LogP contribution in [0, 0.1) is 0 Å². The molecule has 3 aliphatic rings. The number of nitrogens with one attached hydrogen (secondary N) is 2. The predicted octanol–water partition coefficient (Wildman–Crippen LogP) is 5.66. The van der Waals surface area contributed by atoms with Gasteiger partial charge in [0.25, 0.3) is 29.5 Å². The van der Waals surface area contributed by atoms with Crippen molar-refractivity contribution in [1.29, 1.82) is 0 Å². The van der Waals surface area contributed by atoms with E-state index in [1.807, 2.05) is 24.3 Å². The molecule has 1 atom stereocenters. The van der Waals surface area contributed by atoms with Gasteiger partial charge in [-0.2, -0.15) is 4.98 Å². The number of nitrogens with zero attached hydrogens (tertiary/aromatic N) is 6. The number of hydrogen-bond donors (Lipinski definition) is 2. The van der Waals surface area contributed by atoms with Gasteiger partial charge in [0.1, 0.15) is 17.4 Å². The first-order chi connectivity index (χ1) is 27.0. The lowest BCUT2D eigenvalue weighted by Gasteiger charge is -2.32. The van der Waals surface area contributed by atoms with Gasteiger partial charge in [0, 0.05) is 63.0 Å². The maximum Gasteiger partial charge on any atom is 0.270 e. The molecule has 7 rings (SSSR count). The van der Waals surface area contributed by atoms with E-state index in [0.29, 0.717) is 41.3 Å². The average molecular weight is 761 g/mol. The summed E-state index contributed by atoms with van der Waals surface area (Å²) in [4.78, 5) is 90.2. The van der Waals surface area contributed by atoms with Crippen molar-refractivity contribution in [3.8, 4) is 0 Å². The van der Waals surface area contributed by atoms with Crippen LogP contribution in [-0.2, 0) is 16.0 Å². The molecule has 4 aromatic rings. The summed E-state index contributed by atoms with van der Waals surface area (Å²) in [6, 6.07) is 13.5. The van der Waals surface area contributed by atoms with Crippen molar-refractivity contribution in [3.05, 3.63) is 82.7 Å². The van der Waals surface area contributed by atoms with Gasteiger partial charge in [-0.3, -0.25) is 38.6 Å². The number of hydrogen-bond acceptors (Lipinski definition) is 9. The molecule has 292 valence electrons. The second kappa shape index (κ2) is 16.4. The van der Waals surface area contributed by atoms with Crippen LogP contribution in [0.5, 0.6) is 0 Å². The number of rotatable bonds is 14. The van der Waals surface area contributed by atoms with Gasteiger partial charge in [-0.25, -0.2) is 4.98 Å². The highest BCUT2D eigenvalue weighted by molar-refractivity contribution is 6.24. The molecule has 1 saturated heterocycles. The Balaban J connectivity index is 0.853. The Morgan fingerprint density at radius 2 is 1.62 bits per heavy atom. The highest BCUT2D eigenvalue weighted by Gasteiger charge is 2.46. The van der Waals surface area contributed by atoms with Crippen molar-refractivity contribution in [2.24, 2.45) is 0 Å². The molecular formula is C42H48N8O6. The highest BCUT2D eigenvalue weighted by Crippen LogP contribution is 2.35. The zero-order valence-electron chi connectivity index (χ0n) is 32.2. The number of likely N-dealkylation sites (tertiary alicyclic amines) is 1. The number of imide groups is 2. The standard InChI is InChI=1S/C42H48N8O6/c1-47(2)39(54)33-24-28-25-44-42(46-36(28)49(33)30-14-8-9-15-30)45-29-19-17-27(18-20-29)37(52)43-23-10-6-4-5-7-12-26-13-11-16-31-35(26)41(56)50(38(31)53)32-21-22-34(51)48(3)40(32)55/h11,13,16-20,24-25,30,32H,4-10,12,14-15,21-23H2,1-3H3,(H,43,52)(H,44,45,46). The van der Waals surface area contributed by atoms with Gasteiger partial charge in [-0.05, 0) is 80.5 Å². The lowest BCUT2D eigenvalue weighted by molar-refractivity contribution is -0.149. The van der Waals surface area contributed by atoms with E-state index in [0.717, 1.165) is 89.9 Å². The molecule has 6 amide bonds. The van der Waals surface area contributed by atoms with E-state index in [-0.39, 0.29) is 36.6 Å². The van der Waals surface area contributed by atoms with Gasteiger partial charge in [-0.1, -0.05) is 44.2 Å². The van der Waals surface area contributed by atoms with E-state index in [2.05, 4.69) is 20.2 Å². The van der Waals surface area contributed by atoms with Crippen LogP contribution >= 0.6 is 0 Å². The van der Waals surface area contributed by atoms with Crippen molar-refractivity contribution in [2.45, 2.75) is 89.1 Å². The normalized spacial score (nSPS) is 17.2. The van der Waals surface area contributed by atoms with Crippen LogP contribution in [0.1, 0.15) is 124 Å². The smallest absolute Gasteiger partial charge is 0.270 e. The average Bonchev–Trinajstić information content (AvgIpc) is 3.92. The van der Waals surface area contributed by atoms with Crippen LogP contribution in [0.2, 0.25) is 0 Å². The topological polar surface area (TPSA) is 167 Å². The summed E-state index contributed by atoms with van der Waals surface area (Å²) in [5, 5.41) is 7.06. The summed E-state index contributed by atoms with van der Waals surface area (Å²) in [5.41, 5.74) is 4.11. The number of anilines is 2. The molecule has 0 spiro atoms. The fourth-order valence-electron chi connectivity index (χ4n) is 8.10. The van der Waals surface area contributed by atoms with E-state index >= 15 is 0 Å². The second-order valence-electron chi connectivity index (χ2n) is 15.2. The summed E-state index contributed by atoms with van der Waals surface area (Å²) in [6.07, 6.45) is 11.3. The molecule has 1 unspecified atom stereocenters. The largest absolute Gasteiger partial charge is 0.352 e. The number of benzene rings is 2. The molecule has 2 aromatic carbocycles. The quantitative estimate of drug-likeness (QED) is 0.122. The van der Waals surface area contributed by atoms with Crippen molar-refractivity contribution in [1.82, 2.24) is 34.6 Å². The van der Waals surface area contributed by atoms with Crippen LogP contribution in [0.3, 0.4) is 0 Å². The maximum absolute atomic E-state index is 13.4. The zero-order chi connectivity index (χ0) is 39.5. The fraction of sp³-hybridized carbons (Fsp3) is 0.429. The number of unbranched alkanes of at least 4 members (excludes halogenated alkanes) is 4. The van der Waals surface area contributed by atoms with E-state index in [1.54, 1.807) is 49.5 Å². The number of carbonyl (C=O) groups is 6. The maximum atomic E-state index is 13.4. The monoisotopic (exact) mass is 760 g/mol. The second-order valence-corrected chi connectivity index (χ2v) is 15.2. The molecule has 14 nitrogen and oxygen atoms in total. The Labute approximate surface area is 325 Å². The summed E-state index contributed by atoms with van der Waals surface area (Å²) in [6.45, 7) is 0.547. The molecule has 1 saturated carbocycles. The summed E-state index contributed by atoms with van der Waals surface area (Å²) in [5.74, 6) is -1.58. The van der Waals surface area contributed by atoms with Gasteiger partial charge in [-0.15, -0.1) is 0 Å². The Kier molecular flexibility index (Phi) is 11.3. The van der Waals surface area contributed by atoms with Crippen LogP contribution in [-0.4, -0.2) is 98.4 Å². The molecule has 0 radical (unpaired) electrons. The number of likely N-dealkylation sites (N-methyl/N-ethyl adjacent to an activating group) is 1. The minimum absolute atomic E-state index is 0.0564. The summed E-state index contributed by atoms with van der Waals surface area (Å²) < 4.78 is 2.08. The number of piperidine rings is 1. The molecule has 2 aromatic heterocycles. The van der Waals surface area contributed by atoms with Gasteiger partial charge in [0.15, 0.2) is 0 Å². The molecule has 2 aliphatic heterocycles. The van der Waals surface area contributed by atoms with Gasteiger partial charge in [0.05, 0.1) is 11.1 Å². The number of carbonyl (C=O) groups excluding carboxylic acids is 6. The zero-order valence-corrected chi connectivity index (χ0v) is 32.2. The van der Waals surface area contributed by atoms with Crippen molar-refractivity contribution in [2.75, 3.05) is 33.0 Å². The van der Waals surface area contributed by atoms with E-state index in [1.165, 1.54) is 7.05 Å². The fourth-order valence-corrected chi connectivity index (χ4v) is 8.10. The molecule has 0 bridgehead atoms. The first-order valence-electron chi connectivity index (χ1n) is 19.6. The van der Waals surface area contributed by atoms with Gasteiger partial charge in [0.2, 0.25) is 11.9 Å². The molecule has 4 heterocycles. The molecule has 2 fully saturated rings. The molecular weight excluding hydrogens is 713 g/mol. The first kappa shape index (κ1) is 38.4. The van der Waals surface area contributed by atoms with E-state index in [9.17, 15) is 28.8 Å². The third kappa shape index (κ3) is 7.64. The third-order valence-corrected chi connectivity index (χ3v) is 11.2. The Morgan fingerprint density at radius 3 is 2.38 bits per heavy atom. The minimum Gasteiger partial charge on any atom is -0.352 e. The Hall–Kier alpha value is -5.92. The van der Waals surface area contributed by atoms with Crippen molar-refractivity contribution in [3.63, 3.8) is 0 Å². The minimum atomic E-state index is -0.964. The number of aromatic nitrogens is 3. The Morgan fingerprint density at radius 1 is 0.893 bits per heavy atom. The lowest BCUT2D eigenvalue weighted by Crippen LogP contribution is -2.54. The van der Waals surface area contributed by atoms with Crippen molar-refractivity contribution < 1.29 is 28.8 Å². The van der Waals surface area contributed by atoms with Gasteiger partial charge < -0.3 is 20.1 Å². The van der Waals surface area contributed by atoms with E-state index < -0.39 is 23.8 Å². The Bertz CT molecular complexity index is 2190. The van der Waals surface area contributed by atoms with Crippen molar-refractivity contribution >= 4 is 58.1 Å². The summed E-state index contributed by atoms with van der Waals surface area (Å²) >= 11 is 0. The predicted molar refractivity (Wildman–Crippen MR) is 210 cm³/mol. The molecule has 56 heavy (non-hydrogen) atoms. The number of amides is 6. The van der Waals surface area contributed by atoms with Crippen LogP contribution in [0.15, 0.2) is 54.7 Å². The van der Waals surface area contributed by atoms with Crippen LogP contribution in [0.4, 0.5) is 11.6 Å².